The van der Waals surface area contributed by atoms with Gasteiger partial charge in [-0.3, -0.25) is 9.69 Å². The second kappa shape index (κ2) is 7.72. The van der Waals surface area contributed by atoms with Crippen molar-refractivity contribution >= 4 is 6.29 Å². The van der Waals surface area contributed by atoms with Crippen molar-refractivity contribution < 1.29 is 9.21 Å². The molecule has 0 spiro atoms. The number of hydrogen-bond donors (Lipinski definition) is 0. The Kier molecular flexibility index (Phi) is 6.27. The van der Waals surface area contributed by atoms with Gasteiger partial charge in [0.25, 0.3) is 0 Å². The van der Waals surface area contributed by atoms with Crippen molar-refractivity contribution in [2.45, 2.75) is 34.2 Å². The van der Waals surface area contributed by atoms with Gasteiger partial charge in [0.05, 0.1) is 6.54 Å². The molecule has 0 saturated carbocycles. The van der Waals surface area contributed by atoms with Gasteiger partial charge in [0.1, 0.15) is 5.76 Å². The van der Waals surface area contributed by atoms with E-state index in [4.69, 9.17) is 4.42 Å². The van der Waals surface area contributed by atoms with Crippen molar-refractivity contribution in [3.05, 3.63) is 35.8 Å². The van der Waals surface area contributed by atoms with Crippen LogP contribution < -0.4 is 0 Å². The zero-order chi connectivity index (χ0) is 15.0. The predicted molar refractivity (Wildman–Crippen MR) is 81.4 cm³/mol. The molecule has 0 bridgehead atoms. The predicted octanol–water partition coefficient (Wildman–Crippen LogP) is 3.52. The summed E-state index contributed by atoms with van der Waals surface area (Å²) >= 11 is 0. The van der Waals surface area contributed by atoms with Gasteiger partial charge in [-0.05, 0) is 45.5 Å². The molecule has 0 amide bonds. The number of aldehydes is 1. The van der Waals surface area contributed by atoms with Crippen molar-refractivity contribution in [2.24, 2.45) is 5.41 Å². The molecular weight excluding hydrogens is 250 g/mol. The summed E-state index contributed by atoms with van der Waals surface area (Å²) in [5, 5.41) is 0. The van der Waals surface area contributed by atoms with Crippen LogP contribution in [-0.4, -0.2) is 24.3 Å². The summed E-state index contributed by atoms with van der Waals surface area (Å²) in [7, 11) is 0. The second-order valence-corrected chi connectivity index (χ2v) is 5.67. The van der Waals surface area contributed by atoms with Gasteiger partial charge in [0.2, 0.25) is 0 Å². The van der Waals surface area contributed by atoms with Gasteiger partial charge < -0.3 is 4.42 Å². The van der Waals surface area contributed by atoms with E-state index in [2.05, 4.69) is 44.4 Å². The molecule has 1 aromatic heterocycles. The molecule has 0 aliphatic heterocycles. The molecule has 108 valence electrons. The summed E-state index contributed by atoms with van der Waals surface area (Å²) in [5.74, 6) is 7.40. The Morgan fingerprint density at radius 2 is 2.10 bits per heavy atom. The van der Waals surface area contributed by atoms with E-state index in [0.29, 0.717) is 12.3 Å². The molecule has 1 heterocycles. The minimum absolute atomic E-state index is 0.0359. The van der Waals surface area contributed by atoms with Crippen LogP contribution in [0.1, 0.15) is 44.0 Å². The summed E-state index contributed by atoms with van der Waals surface area (Å²) in [6.45, 7) is 10.8. The lowest BCUT2D eigenvalue weighted by Gasteiger charge is -2.16. The number of nitrogens with zero attached hydrogens (tertiary/aromatic N) is 1. The highest BCUT2D eigenvalue weighted by atomic mass is 16.3. The minimum atomic E-state index is 0.0359. The number of carbonyl (C=O) groups is 1. The third-order valence-electron chi connectivity index (χ3n) is 2.64. The van der Waals surface area contributed by atoms with Crippen LogP contribution in [0, 0.1) is 17.3 Å². The van der Waals surface area contributed by atoms with Crippen molar-refractivity contribution in [2.75, 3.05) is 13.1 Å². The van der Waals surface area contributed by atoms with Crippen LogP contribution in [0.2, 0.25) is 0 Å². The van der Waals surface area contributed by atoms with Gasteiger partial charge in [-0.2, -0.15) is 0 Å². The van der Waals surface area contributed by atoms with Gasteiger partial charge in [-0.15, -0.1) is 0 Å². The monoisotopic (exact) mass is 273 g/mol. The lowest BCUT2D eigenvalue weighted by Crippen LogP contribution is -2.22. The first-order chi connectivity index (χ1) is 9.44. The fourth-order valence-corrected chi connectivity index (χ4v) is 1.59. The Morgan fingerprint density at radius 1 is 1.35 bits per heavy atom. The zero-order valence-corrected chi connectivity index (χ0v) is 12.8. The molecule has 0 N–H and O–H groups in total. The number of carbonyl (C=O) groups excluding carboxylic acids is 1. The maximum Gasteiger partial charge on any atom is 0.185 e. The Balaban J connectivity index is 2.48. The van der Waals surface area contributed by atoms with E-state index in [-0.39, 0.29) is 5.41 Å². The maximum absolute atomic E-state index is 10.6. The lowest BCUT2D eigenvalue weighted by molar-refractivity contribution is 0.109. The Labute approximate surface area is 121 Å². The molecule has 0 aromatic carbocycles. The van der Waals surface area contributed by atoms with Crippen LogP contribution in [0.5, 0.6) is 0 Å². The van der Waals surface area contributed by atoms with E-state index in [9.17, 15) is 4.79 Å². The summed E-state index contributed by atoms with van der Waals surface area (Å²) in [6, 6.07) is 3.54. The number of allylic oxidation sites excluding steroid dienone is 1. The molecule has 20 heavy (non-hydrogen) atoms. The van der Waals surface area contributed by atoms with Gasteiger partial charge >= 0.3 is 0 Å². The van der Waals surface area contributed by atoms with Crippen LogP contribution in [-0.2, 0) is 6.54 Å². The first-order valence-corrected chi connectivity index (χ1v) is 6.88. The van der Waals surface area contributed by atoms with Crippen molar-refractivity contribution in [3.8, 4) is 11.8 Å². The first kappa shape index (κ1) is 16.3. The molecule has 0 atom stereocenters. The molecule has 0 fully saturated rings. The standard InChI is InChI=1S/C17H23NO2/c1-5-18(12-8-6-7-11-17(2,3)4)13-15-9-10-16(14-19)20-15/h6,8-10,14H,5,12-13H2,1-4H3. The second-order valence-electron chi connectivity index (χ2n) is 5.67. The number of hydrogen-bond acceptors (Lipinski definition) is 3. The molecule has 1 aromatic rings. The molecule has 0 saturated heterocycles. The van der Waals surface area contributed by atoms with Gasteiger partial charge in [-0.1, -0.05) is 24.8 Å². The molecule has 0 radical (unpaired) electrons. The Bertz CT molecular complexity index is 509. The Morgan fingerprint density at radius 3 is 2.65 bits per heavy atom. The van der Waals surface area contributed by atoms with E-state index in [0.717, 1.165) is 25.1 Å². The van der Waals surface area contributed by atoms with Crippen LogP contribution in [0.15, 0.2) is 28.7 Å². The summed E-state index contributed by atoms with van der Waals surface area (Å²) in [6.07, 6.45) is 4.67. The lowest BCUT2D eigenvalue weighted by atomic mass is 9.98. The average molecular weight is 273 g/mol. The average Bonchev–Trinajstić information content (AvgIpc) is 2.83. The number of rotatable bonds is 6. The molecular formula is C17H23NO2. The molecule has 0 aliphatic rings. The molecule has 0 unspecified atom stereocenters. The van der Waals surface area contributed by atoms with Crippen LogP contribution in [0.4, 0.5) is 0 Å². The van der Waals surface area contributed by atoms with E-state index >= 15 is 0 Å². The topological polar surface area (TPSA) is 33.5 Å². The molecule has 3 nitrogen and oxygen atoms in total. The highest BCUT2D eigenvalue weighted by Gasteiger charge is 2.06. The highest BCUT2D eigenvalue weighted by Crippen LogP contribution is 2.10. The molecule has 0 aliphatic carbocycles. The molecule has 1 rings (SSSR count). The number of likely N-dealkylation sites (N-methyl/N-ethyl adjacent to an activating group) is 1. The van der Waals surface area contributed by atoms with Crippen LogP contribution in [0.3, 0.4) is 0 Å². The Hall–Kier alpha value is -1.79. The van der Waals surface area contributed by atoms with E-state index in [1.807, 2.05) is 18.2 Å². The largest absolute Gasteiger partial charge is 0.457 e. The van der Waals surface area contributed by atoms with E-state index in [1.165, 1.54) is 0 Å². The summed E-state index contributed by atoms with van der Waals surface area (Å²) in [4.78, 5) is 12.8. The SMILES string of the molecule is CCN(CC=CC#CC(C)(C)C)Cc1ccc(C=O)o1. The number of furan rings is 1. The fourth-order valence-electron chi connectivity index (χ4n) is 1.59. The first-order valence-electron chi connectivity index (χ1n) is 6.88. The van der Waals surface area contributed by atoms with E-state index in [1.54, 1.807) is 6.07 Å². The quantitative estimate of drug-likeness (QED) is 0.587. The van der Waals surface area contributed by atoms with Crippen molar-refractivity contribution in [1.29, 1.82) is 0 Å². The summed E-state index contributed by atoms with van der Waals surface area (Å²) < 4.78 is 5.38. The normalized spacial score (nSPS) is 11.7. The van der Waals surface area contributed by atoms with Gasteiger partial charge in [0.15, 0.2) is 12.0 Å². The van der Waals surface area contributed by atoms with Crippen LogP contribution in [0.25, 0.3) is 0 Å². The molecule has 3 heteroatoms. The minimum Gasteiger partial charge on any atom is -0.457 e. The van der Waals surface area contributed by atoms with Gasteiger partial charge in [0, 0.05) is 12.0 Å². The van der Waals surface area contributed by atoms with Crippen molar-refractivity contribution in [3.63, 3.8) is 0 Å². The zero-order valence-electron chi connectivity index (χ0n) is 12.8. The van der Waals surface area contributed by atoms with Crippen LogP contribution >= 0.6 is 0 Å². The van der Waals surface area contributed by atoms with Crippen molar-refractivity contribution in [1.82, 2.24) is 4.90 Å². The smallest absolute Gasteiger partial charge is 0.185 e. The third-order valence-corrected chi connectivity index (χ3v) is 2.64. The highest BCUT2D eigenvalue weighted by molar-refractivity contribution is 5.70. The third kappa shape index (κ3) is 6.40. The van der Waals surface area contributed by atoms with E-state index < -0.39 is 0 Å². The summed E-state index contributed by atoms with van der Waals surface area (Å²) in [5.41, 5.74) is 0.0359. The fraction of sp³-hybridized carbons (Fsp3) is 0.471. The maximum atomic E-state index is 10.6. The van der Waals surface area contributed by atoms with Gasteiger partial charge in [-0.25, -0.2) is 0 Å².